The minimum absolute atomic E-state index is 0.171. The Morgan fingerprint density at radius 1 is 1.00 bits per heavy atom. The van der Waals surface area contributed by atoms with Crippen molar-refractivity contribution in [1.82, 2.24) is 0 Å². The molecule has 25 heavy (non-hydrogen) atoms. The van der Waals surface area contributed by atoms with Gasteiger partial charge in [0, 0.05) is 0 Å². The summed E-state index contributed by atoms with van der Waals surface area (Å²) < 4.78 is 13.6. The van der Waals surface area contributed by atoms with Gasteiger partial charge in [-0.05, 0) is 86.1 Å². The number of benzene rings is 2. The molecule has 0 atom stereocenters. The molecule has 1 saturated carbocycles. The summed E-state index contributed by atoms with van der Waals surface area (Å²) in [6, 6.07) is 13.5. The first-order valence-corrected chi connectivity index (χ1v) is 9.70. The molecule has 1 fully saturated rings. The first-order valence-electron chi connectivity index (χ1n) is 9.33. The van der Waals surface area contributed by atoms with Crippen molar-refractivity contribution in [2.45, 2.75) is 45.4 Å². The van der Waals surface area contributed by atoms with E-state index in [1.807, 2.05) is 6.07 Å². The predicted octanol–water partition coefficient (Wildman–Crippen LogP) is 7.46. The number of halogens is 2. The van der Waals surface area contributed by atoms with Gasteiger partial charge in [-0.3, -0.25) is 0 Å². The zero-order valence-corrected chi connectivity index (χ0v) is 15.6. The highest BCUT2D eigenvalue weighted by molar-refractivity contribution is 6.30. The molecule has 3 rings (SSSR count). The summed E-state index contributed by atoms with van der Waals surface area (Å²) in [5.74, 6) is 1.31. The molecular formula is C23H26ClF. The first-order chi connectivity index (χ1) is 12.2. The second-order valence-electron chi connectivity index (χ2n) is 7.17. The number of allylic oxidation sites excluding steroid dienone is 2. The van der Waals surface area contributed by atoms with E-state index in [-0.39, 0.29) is 10.8 Å². The maximum atomic E-state index is 13.6. The Bertz CT molecular complexity index is 709. The standard InChI is InChI=1S/C23H26ClF/c1-2-3-17-4-6-18(7-5-17)8-9-19-10-12-20(13-11-19)21-14-15-22(24)23(25)16-21/h2-3,10-18H,4-9H2,1H3/b3-2+/t17-,18-. The molecule has 0 aromatic heterocycles. The Balaban J connectivity index is 1.54. The Morgan fingerprint density at radius 2 is 1.68 bits per heavy atom. The maximum absolute atomic E-state index is 13.6. The zero-order valence-electron chi connectivity index (χ0n) is 14.8. The molecule has 0 radical (unpaired) electrons. The molecule has 2 heteroatoms. The van der Waals surface area contributed by atoms with Crippen LogP contribution < -0.4 is 0 Å². The molecule has 0 heterocycles. The van der Waals surface area contributed by atoms with Crippen molar-refractivity contribution in [2.24, 2.45) is 11.8 Å². The lowest BCUT2D eigenvalue weighted by Crippen LogP contribution is -2.13. The van der Waals surface area contributed by atoms with Crippen LogP contribution in [-0.4, -0.2) is 0 Å². The van der Waals surface area contributed by atoms with Gasteiger partial charge in [0.1, 0.15) is 5.82 Å². The smallest absolute Gasteiger partial charge is 0.142 e. The largest absolute Gasteiger partial charge is 0.205 e. The van der Waals surface area contributed by atoms with Crippen molar-refractivity contribution in [2.75, 3.05) is 0 Å². The van der Waals surface area contributed by atoms with Crippen molar-refractivity contribution in [1.29, 1.82) is 0 Å². The number of rotatable bonds is 5. The minimum Gasteiger partial charge on any atom is -0.205 e. The number of hydrogen-bond donors (Lipinski definition) is 0. The SMILES string of the molecule is C/C=C/[C@H]1CC[C@H](CCc2ccc(-c3ccc(Cl)c(F)c3)cc2)CC1. The average molecular weight is 357 g/mol. The van der Waals surface area contributed by atoms with Crippen LogP contribution in [0, 0.1) is 17.7 Å². The lowest BCUT2D eigenvalue weighted by molar-refractivity contribution is 0.296. The van der Waals surface area contributed by atoms with Gasteiger partial charge in [0.15, 0.2) is 0 Å². The Morgan fingerprint density at radius 3 is 2.32 bits per heavy atom. The van der Waals surface area contributed by atoms with E-state index in [1.54, 1.807) is 6.07 Å². The molecule has 1 aliphatic carbocycles. The molecule has 1 aliphatic rings. The third-order valence-electron chi connectivity index (χ3n) is 5.40. The maximum Gasteiger partial charge on any atom is 0.142 e. The van der Waals surface area contributed by atoms with Gasteiger partial charge in [-0.2, -0.15) is 0 Å². The number of aryl methyl sites for hydroxylation is 1. The third-order valence-corrected chi connectivity index (χ3v) is 5.71. The molecule has 0 unspecified atom stereocenters. The fourth-order valence-corrected chi connectivity index (χ4v) is 3.97. The van der Waals surface area contributed by atoms with Crippen LogP contribution in [0.4, 0.5) is 4.39 Å². The highest BCUT2D eigenvalue weighted by atomic mass is 35.5. The summed E-state index contributed by atoms with van der Waals surface area (Å²) in [5.41, 5.74) is 3.27. The molecule has 132 valence electrons. The first kappa shape index (κ1) is 18.2. The third kappa shape index (κ3) is 4.95. The summed E-state index contributed by atoms with van der Waals surface area (Å²) in [6.07, 6.45) is 12.4. The van der Waals surface area contributed by atoms with Crippen molar-refractivity contribution in [3.05, 3.63) is 71.0 Å². The minimum atomic E-state index is -0.364. The quantitative estimate of drug-likeness (QED) is 0.487. The van der Waals surface area contributed by atoms with Gasteiger partial charge in [0.2, 0.25) is 0 Å². The normalized spacial score (nSPS) is 20.9. The molecule has 0 bridgehead atoms. The summed E-state index contributed by atoms with van der Waals surface area (Å²) in [6.45, 7) is 2.12. The fourth-order valence-electron chi connectivity index (χ4n) is 3.85. The van der Waals surface area contributed by atoms with Gasteiger partial charge < -0.3 is 0 Å². The van der Waals surface area contributed by atoms with E-state index in [2.05, 4.69) is 43.3 Å². The highest BCUT2D eigenvalue weighted by Gasteiger charge is 2.19. The Hall–Kier alpha value is -1.60. The van der Waals surface area contributed by atoms with E-state index in [9.17, 15) is 4.39 Å². The van der Waals surface area contributed by atoms with Crippen LogP contribution in [0.15, 0.2) is 54.6 Å². The van der Waals surface area contributed by atoms with Gasteiger partial charge >= 0.3 is 0 Å². The molecule has 0 N–H and O–H groups in total. The van der Waals surface area contributed by atoms with Gasteiger partial charge in [-0.15, -0.1) is 0 Å². The van der Waals surface area contributed by atoms with Crippen molar-refractivity contribution < 1.29 is 4.39 Å². The molecular weight excluding hydrogens is 331 g/mol. The molecule has 2 aromatic rings. The predicted molar refractivity (Wildman–Crippen MR) is 105 cm³/mol. The van der Waals surface area contributed by atoms with Crippen LogP contribution in [0.25, 0.3) is 11.1 Å². The number of hydrogen-bond acceptors (Lipinski definition) is 0. The van der Waals surface area contributed by atoms with Crippen LogP contribution in [0.1, 0.15) is 44.6 Å². The second-order valence-corrected chi connectivity index (χ2v) is 7.58. The van der Waals surface area contributed by atoms with E-state index in [4.69, 9.17) is 11.6 Å². The van der Waals surface area contributed by atoms with Crippen LogP contribution >= 0.6 is 11.6 Å². The highest BCUT2D eigenvalue weighted by Crippen LogP contribution is 2.32. The molecule has 2 aromatic carbocycles. The van der Waals surface area contributed by atoms with Crippen LogP contribution in [0.2, 0.25) is 5.02 Å². The van der Waals surface area contributed by atoms with E-state index in [1.165, 1.54) is 43.7 Å². The average Bonchev–Trinajstić information content (AvgIpc) is 2.64. The molecule has 0 spiro atoms. The van der Waals surface area contributed by atoms with Crippen molar-refractivity contribution >= 4 is 11.6 Å². The summed E-state index contributed by atoms with van der Waals surface area (Å²) in [5, 5.41) is 0.171. The lowest BCUT2D eigenvalue weighted by Gasteiger charge is -2.26. The van der Waals surface area contributed by atoms with Crippen LogP contribution in [0.5, 0.6) is 0 Å². The van der Waals surface area contributed by atoms with Gasteiger partial charge in [0.05, 0.1) is 5.02 Å². The van der Waals surface area contributed by atoms with E-state index in [0.29, 0.717) is 0 Å². The second kappa shape index (κ2) is 8.67. The molecule has 0 saturated heterocycles. The van der Waals surface area contributed by atoms with Gasteiger partial charge in [-0.1, -0.05) is 54.1 Å². The lowest BCUT2D eigenvalue weighted by atomic mass is 9.79. The fraction of sp³-hybridized carbons (Fsp3) is 0.391. The zero-order chi connectivity index (χ0) is 17.6. The Kier molecular flexibility index (Phi) is 6.31. The molecule has 0 aliphatic heterocycles. The van der Waals surface area contributed by atoms with Crippen LogP contribution in [0.3, 0.4) is 0 Å². The van der Waals surface area contributed by atoms with Gasteiger partial charge in [-0.25, -0.2) is 4.39 Å². The summed E-state index contributed by atoms with van der Waals surface area (Å²) in [4.78, 5) is 0. The molecule has 0 amide bonds. The summed E-state index contributed by atoms with van der Waals surface area (Å²) >= 11 is 5.76. The topological polar surface area (TPSA) is 0 Å². The van der Waals surface area contributed by atoms with Crippen molar-refractivity contribution in [3.63, 3.8) is 0 Å². The Labute approximate surface area is 155 Å². The summed E-state index contributed by atoms with van der Waals surface area (Å²) in [7, 11) is 0. The van der Waals surface area contributed by atoms with E-state index in [0.717, 1.165) is 29.4 Å². The van der Waals surface area contributed by atoms with Crippen LogP contribution in [-0.2, 0) is 6.42 Å². The van der Waals surface area contributed by atoms with E-state index < -0.39 is 0 Å². The van der Waals surface area contributed by atoms with E-state index >= 15 is 0 Å². The monoisotopic (exact) mass is 356 g/mol. The van der Waals surface area contributed by atoms with Crippen molar-refractivity contribution in [3.8, 4) is 11.1 Å². The molecule has 0 nitrogen and oxygen atoms in total. The van der Waals surface area contributed by atoms with Gasteiger partial charge in [0.25, 0.3) is 0 Å².